The molecule has 0 spiro atoms. The number of ether oxygens (including phenoxy) is 2. The fourth-order valence-electron chi connectivity index (χ4n) is 2.72. The van der Waals surface area contributed by atoms with Crippen molar-refractivity contribution in [2.45, 2.75) is 17.4 Å². The van der Waals surface area contributed by atoms with E-state index in [4.69, 9.17) is 21.1 Å². The van der Waals surface area contributed by atoms with Crippen molar-refractivity contribution in [1.29, 1.82) is 0 Å². The summed E-state index contributed by atoms with van der Waals surface area (Å²) in [5.74, 6) is -1.05. The third-order valence-electron chi connectivity index (χ3n) is 4.15. The largest absolute Gasteiger partial charge is 0.496 e. The number of methoxy groups -OCH3 is 1. The molecule has 0 aliphatic carbocycles. The summed E-state index contributed by atoms with van der Waals surface area (Å²) in [6.07, 6.45) is 0.577. The molecule has 3 rings (SSSR count). The summed E-state index contributed by atoms with van der Waals surface area (Å²) in [7, 11) is -2.48. The monoisotopic (exact) mass is 428 g/mol. The van der Waals surface area contributed by atoms with Crippen molar-refractivity contribution in [3.63, 3.8) is 0 Å². The highest BCUT2D eigenvalue weighted by Gasteiger charge is 2.25. The van der Waals surface area contributed by atoms with Gasteiger partial charge in [0.25, 0.3) is 5.91 Å². The van der Waals surface area contributed by atoms with E-state index in [1.165, 1.54) is 37.4 Å². The first-order valence-electron chi connectivity index (χ1n) is 8.34. The fraction of sp³-hybridized carbons (Fsp3) is 0.278. The van der Waals surface area contributed by atoms with Crippen LogP contribution in [0.2, 0.25) is 5.02 Å². The highest BCUT2D eigenvalue weighted by Crippen LogP contribution is 2.25. The molecule has 1 aliphatic rings. The zero-order valence-electron chi connectivity index (χ0n) is 14.9. The molecule has 7 nitrogen and oxygen atoms in total. The molecule has 1 atom stereocenters. The number of amides is 1. The van der Waals surface area contributed by atoms with Gasteiger partial charge < -0.3 is 14.8 Å². The number of halogens is 2. The second kappa shape index (κ2) is 8.44. The molecule has 10 heteroatoms. The standard InChI is InChI=1S/C18H18ClFN2O5S/c1-26-17-5-3-13(28(24,25)22-12-6-7-27-10-12)9-14(17)18(23)21-11-2-4-16(20)15(19)8-11/h2-5,8-9,12,22H,6-7,10H2,1H3,(H,21,23). The average Bonchev–Trinajstić information content (AvgIpc) is 3.16. The fourth-order valence-corrected chi connectivity index (χ4v) is 4.18. The number of hydrogen-bond donors (Lipinski definition) is 2. The Balaban J connectivity index is 1.87. The van der Waals surface area contributed by atoms with Gasteiger partial charge in [0.05, 0.1) is 29.2 Å². The topological polar surface area (TPSA) is 93.7 Å². The van der Waals surface area contributed by atoms with Crippen LogP contribution in [0.4, 0.5) is 10.1 Å². The highest BCUT2D eigenvalue weighted by molar-refractivity contribution is 7.89. The first-order chi connectivity index (χ1) is 13.3. The average molecular weight is 429 g/mol. The maximum absolute atomic E-state index is 13.3. The summed E-state index contributed by atoms with van der Waals surface area (Å²) in [6.45, 7) is 0.789. The molecule has 1 heterocycles. The van der Waals surface area contributed by atoms with E-state index in [1.807, 2.05) is 0 Å². The third kappa shape index (κ3) is 4.61. The Kier molecular flexibility index (Phi) is 6.19. The van der Waals surface area contributed by atoms with E-state index >= 15 is 0 Å². The second-order valence-electron chi connectivity index (χ2n) is 6.13. The molecule has 1 aliphatic heterocycles. The highest BCUT2D eigenvalue weighted by atomic mass is 35.5. The molecule has 1 fully saturated rings. The summed E-state index contributed by atoms with van der Waals surface area (Å²) >= 11 is 5.72. The minimum Gasteiger partial charge on any atom is -0.496 e. The van der Waals surface area contributed by atoms with Crippen molar-refractivity contribution in [3.05, 3.63) is 52.8 Å². The Bertz CT molecular complexity index is 993. The van der Waals surface area contributed by atoms with Crippen LogP contribution in [0.15, 0.2) is 41.3 Å². The number of sulfonamides is 1. The van der Waals surface area contributed by atoms with Crippen LogP contribution in [-0.4, -0.2) is 40.7 Å². The van der Waals surface area contributed by atoms with Gasteiger partial charge in [0, 0.05) is 18.3 Å². The molecule has 0 radical (unpaired) electrons. The lowest BCUT2D eigenvalue weighted by molar-refractivity contribution is 0.102. The van der Waals surface area contributed by atoms with Crippen LogP contribution in [0.1, 0.15) is 16.8 Å². The number of carbonyl (C=O) groups is 1. The Labute approximate surface area is 166 Å². The summed E-state index contributed by atoms with van der Waals surface area (Å²) in [4.78, 5) is 12.6. The maximum atomic E-state index is 13.3. The van der Waals surface area contributed by atoms with E-state index in [-0.39, 0.29) is 33.0 Å². The van der Waals surface area contributed by atoms with Gasteiger partial charge in [-0.2, -0.15) is 0 Å². The van der Waals surface area contributed by atoms with E-state index in [0.29, 0.717) is 19.6 Å². The number of nitrogens with one attached hydrogen (secondary N) is 2. The zero-order chi connectivity index (χ0) is 20.3. The van der Waals surface area contributed by atoms with Crippen molar-refractivity contribution in [1.82, 2.24) is 4.72 Å². The first-order valence-corrected chi connectivity index (χ1v) is 10.2. The molecule has 1 amide bonds. The van der Waals surface area contributed by atoms with E-state index < -0.39 is 21.7 Å². The summed E-state index contributed by atoms with van der Waals surface area (Å²) in [5.41, 5.74) is 0.265. The van der Waals surface area contributed by atoms with Gasteiger partial charge in [0.2, 0.25) is 10.0 Å². The molecular formula is C18H18ClFN2O5S. The molecule has 150 valence electrons. The minimum absolute atomic E-state index is 0.00787. The van der Waals surface area contributed by atoms with E-state index in [1.54, 1.807) is 0 Å². The van der Waals surface area contributed by atoms with E-state index in [0.717, 1.165) is 6.07 Å². The lowest BCUT2D eigenvalue weighted by atomic mass is 10.2. The smallest absolute Gasteiger partial charge is 0.259 e. The first kappa shape index (κ1) is 20.5. The van der Waals surface area contributed by atoms with Gasteiger partial charge >= 0.3 is 0 Å². The predicted octanol–water partition coefficient (Wildman–Crippen LogP) is 2.81. The number of hydrogen-bond acceptors (Lipinski definition) is 5. The van der Waals surface area contributed by atoms with Gasteiger partial charge in [0.15, 0.2) is 0 Å². The number of anilines is 1. The minimum atomic E-state index is -3.85. The summed E-state index contributed by atoms with van der Waals surface area (Å²) in [5, 5.41) is 2.40. The molecule has 1 unspecified atom stereocenters. The Hall–Kier alpha value is -2.20. The van der Waals surface area contributed by atoms with Crippen LogP contribution < -0.4 is 14.8 Å². The summed E-state index contributed by atoms with van der Waals surface area (Å²) in [6, 6.07) is 7.36. The molecule has 1 saturated heterocycles. The molecule has 0 aromatic heterocycles. The molecule has 2 N–H and O–H groups in total. The normalized spacial score (nSPS) is 16.8. The number of benzene rings is 2. The number of rotatable bonds is 6. The lowest BCUT2D eigenvalue weighted by Crippen LogP contribution is -2.35. The second-order valence-corrected chi connectivity index (χ2v) is 8.25. The third-order valence-corrected chi connectivity index (χ3v) is 5.96. The van der Waals surface area contributed by atoms with Crippen molar-refractivity contribution in [3.8, 4) is 5.75 Å². The van der Waals surface area contributed by atoms with Gasteiger partial charge in [0.1, 0.15) is 11.6 Å². The van der Waals surface area contributed by atoms with Gasteiger partial charge in [-0.25, -0.2) is 17.5 Å². The van der Waals surface area contributed by atoms with Crippen molar-refractivity contribution in [2.75, 3.05) is 25.6 Å². The molecule has 0 saturated carbocycles. The SMILES string of the molecule is COc1ccc(S(=O)(=O)NC2CCOC2)cc1C(=O)Nc1ccc(F)c(Cl)c1. The van der Waals surface area contributed by atoms with Crippen molar-refractivity contribution >= 4 is 33.2 Å². The molecule has 2 aromatic rings. The van der Waals surface area contributed by atoms with Gasteiger partial charge in [-0.05, 0) is 42.8 Å². The lowest BCUT2D eigenvalue weighted by Gasteiger charge is -2.14. The zero-order valence-corrected chi connectivity index (χ0v) is 16.4. The molecule has 0 bridgehead atoms. The van der Waals surface area contributed by atoms with Crippen molar-refractivity contribution in [2.24, 2.45) is 0 Å². The van der Waals surface area contributed by atoms with Crippen LogP contribution in [0.25, 0.3) is 0 Å². The van der Waals surface area contributed by atoms with Gasteiger partial charge in [-0.15, -0.1) is 0 Å². The van der Waals surface area contributed by atoms with Crippen LogP contribution in [0.5, 0.6) is 5.75 Å². The van der Waals surface area contributed by atoms with Crippen molar-refractivity contribution < 1.29 is 27.1 Å². The van der Waals surface area contributed by atoms with Crippen LogP contribution in [0.3, 0.4) is 0 Å². The quantitative estimate of drug-likeness (QED) is 0.737. The Morgan fingerprint density at radius 3 is 2.71 bits per heavy atom. The van der Waals surface area contributed by atoms with Crippen LogP contribution in [0, 0.1) is 5.82 Å². The predicted molar refractivity (Wildman–Crippen MR) is 102 cm³/mol. The number of carbonyl (C=O) groups excluding carboxylic acids is 1. The molecular weight excluding hydrogens is 411 g/mol. The summed E-state index contributed by atoms with van der Waals surface area (Å²) < 4.78 is 51.4. The van der Waals surface area contributed by atoms with E-state index in [2.05, 4.69) is 10.0 Å². The Morgan fingerprint density at radius 2 is 2.07 bits per heavy atom. The van der Waals surface area contributed by atoms with Crippen LogP contribution in [-0.2, 0) is 14.8 Å². The van der Waals surface area contributed by atoms with Gasteiger partial charge in [-0.3, -0.25) is 4.79 Å². The molecule has 2 aromatic carbocycles. The maximum Gasteiger partial charge on any atom is 0.259 e. The molecule has 28 heavy (non-hydrogen) atoms. The van der Waals surface area contributed by atoms with Gasteiger partial charge in [-0.1, -0.05) is 11.6 Å². The Morgan fingerprint density at radius 1 is 1.29 bits per heavy atom. The van der Waals surface area contributed by atoms with E-state index in [9.17, 15) is 17.6 Å². The van der Waals surface area contributed by atoms with Crippen LogP contribution >= 0.6 is 11.6 Å².